The molecule has 1 aromatic carbocycles. The van der Waals surface area contributed by atoms with Gasteiger partial charge in [0.1, 0.15) is 0 Å². The molecule has 1 aliphatic rings. The first-order chi connectivity index (χ1) is 17.4. The fourth-order valence-electron chi connectivity index (χ4n) is 4.18. The number of anilines is 2. The molecule has 12 heteroatoms. The Morgan fingerprint density at radius 1 is 1.17 bits per heavy atom. The highest BCUT2D eigenvalue weighted by Gasteiger charge is 2.37. The Morgan fingerprint density at radius 3 is 2.56 bits per heavy atom. The first kappa shape index (κ1) is 23.7. The zero-order chi connectivity index (χ0) is 25.3. The van der Waals surface area contributed by atoms with Gasteiger partial charge < -0.3 is 19.9 Å². The molecule has 1 fully saturated rings. The number of benzene rings is 1. The number of thiazole rings is 1. The number of carbonyl (C=O) groups is 2. The fourth-order valence-corrected chi connectivity index (χ4v) is 5.14. The van der Waals surface area contributed by atoms with Gasteiger partial charge in [-0.05, 0) is 44.4 Å². The number of imidazole rings is 1. The molecule has 36 heavy (non-hydrogen) atoms. The van der Waals surface area contributed by atoms with E-state index in [0.717, 1.165) is 27.0 Å². The Morgan fingerprint density at radius 2 is 1.92 bits per heavy atom. The molecule has 1 saturated heterocycles. The van der Waals surface area contributed by atoms with E-state index in [1.807, 2.05) is 34.7 Å². The van der Waals surface area contributed by atoms with Crippen molar-refractivity contribution in [1.29, 1.82) is 0 Å². The Hall–Kier alpha value is -4.06. The summed E-state index contributed by atoms with van der Waals surface area (Å²) in [5.41, 5.74) is 2.62. The van der Waals surface area contributed by atoms with Gasteiger partial charge in [0.25, 0.3) is 0 Å². The Labute approximate surface area is 211 Å². The van der Waals surface area contributed by atoms with Crippen molar-refractivity contribution >= 4 is 44.6 Å². The third-order valence-corrected chi connectivity index (χ3v) is 7.46. The normalized spacial score (nSPS) is 15.1. The second-order valence-electron chi connectivity index (χ2n) is 8.94. The van der Waals surface area contributed by atoms with Gasteiger partial charge in [0.15, 0.2) is 5.13 Å². The van der Waals surface area contributed by atoms with Crippen molar-refractivity contribution in [2.45, 2.75) is 26.7 Å². The number of fused-ring (bicyclic) bond motifs is 1. The molecule has 0 aliphatic carbocycles. The van der Waals surface area contributed by atoms with Crippen LogP contribution in [0.5, 0.6) is 0 Å². The van der Waals surface area contributed by atoms with Crippen LogP contribution in [-0.2, 0) is 4.79 Å². The molecule has 0 atom stereocenters. The third-order valence-electron chi connectivity index (χ3n) is 6.45. The second-order valence-corrected chi connectivity index (χ2v) is 9.94. The molecule has 186 valence electrons. The summed E-state index contributed by atoms with van der Waals surface area (Å²) in [6, 6.07) is 3.67. The maximum absolute atomic E-state index is 12.0. The summed E-state index contributed by atoms with van der Waals surface area (Å²) in [5, 5.41) is 15.5. The lowest BCUT2D eigenvalue weighted by atomic mass is 9.80. The quantitative estimate of drug-likeness (QED) is 0.359. The predicted octanol–water partition coefficient (Wildman–Crippen LogP) is 3.77. The topological polar surface area (TPSA) is 138 Å². The maximum Gasteiger partial charge on any atom is 0.321 e. The van der Waals surface area contributed by atoms with Crippen LogP contribution in [0.2, 0.25) is 0 Å². The van der Waals surface area contributed by atoms with E-state index in [9.17, 15) is 14.7 Å². The highest BCUT2D eigenvalue weighted by Crippen LogP contribution is 2.36. The van der Waals surface area contributed by atoms with Crippen molar-refractivity contribution in [3.63, 3.8) is 0 Å². The summed E-state index contributed by atoms with van der Waals surface area (Å²) in [6.07, 6.45) is 9.92. The lowest BCUT2D eigenvalue weighted by Gasteiger charge is -2.36. The van der Waals surface area contributed by atoms with E-state index in [2.05, 4.69) is 30.6 Å². The van der Waals surface area contributed by atoms with E-state index in [1.165, 1.54) is 11.3 Å². The van der Waals surface area contributed by atoms with E-state index in [1.54, 1.807) is 31.8 Å². The van der Waals surface area contributed by atoms with E-state index >= 15 is 0 Å². The van der Waals surface area contributed by atoms with Crippen molar-refractivity contribution in [3.8, 4) is 16.8 Å². The molecular formula is C24H26N8O3S. The van der Waals surface area contributed by atoms with Crippen molar-refractivity contribution in [1.82, 2.24) is 29.8 Å². The molecule has 2 amide bonds. The number of nitrogens with zero attached hydrogens (tertiary/aromatic N) is 6. The molecule has 11 nitrogen and oxygen atoms in total. The largest absolute Gasteiger partial charge is 0.481 e. The van der Waals surface area contributed by atoms with E-state index < -0.39 is 11.4 Å². The molecule has 0 unspecified atom stereocenters. The summed E-state index contributed by atoms with van der Waals surface area (Å²) in [7, 11) is 0. The van der Waals surface area contributed by atoms with Crippen LogP contribution in [0.4, 0.5) is 15.9 Å². The van der Waals surface area contributed by atoms with Crippen molar-refractivity contribution < 1.29 is 14.7 Å². The summed E-state index contributed by atoms with van der Waals surface area (Å²) in [6.45, 7) is 5.36. The number of urea groups is 1. The number of carbonyl (C=O) groups excluding carboxylic acids is 1. The first-order valence-corrected chi connectivity index (χ1v) is 12.5. The number of hydrogen-bond donors (Lipinski definition) is 3. The zero-order valence-corrected chi connectivity index (χ0v) is 20.7. The summed E-state index contributed by atoms with van der Waals surface area (Å²) < 4.78 is 2.82. The SMILES string of the molecule is CCNC(=O)Nc1nc2cc(-c3cnc(N4CCC(C)(C(=O)O)CC4)nc3)cc(-n3ccnc3)c2s1. The van der Waals surface area contributed by atoms with Gasteiger partial charge in [-0.15, -0.1) is 0 Å². The first-order valence-electron chi connectivity index (χ1n) is 11.6. The average Bonchev–Trinajstić information content (AvgIpc) is 3.54. The molecule has 3 N–H and O–H groups in total. The average molecular weight is 507 g/mol. The molecule has 0 bridgehead atoms. The lowest BCUT2D eigenvalue weighted by Crippen LogP contribution is -2.43. The number of carboxylic acids is 1. The molecule has 0 spiro atoms. The number of piperidine rings is 1. The van der Waals surface area contributed by atoms with Crippen molar-refractivity contribution in [3.05, 3.63) is 43.2 Å². The number of hydrogen-bond acceptors (Lipinski definition) is 8. The standard InChI is InChI=1S/C24H26N8O3S/c1-3-26-22(35)30-23-29-17-10-15(11-18(19(17)36-23)32-9-6-25-14-32)16-12-27-21(28-13-16)31-7-4-24(2,5-8-31)20(33)34/h6,9-14H,3-5,7-8H2,1-2H3,(H,33,34)(H2,26,29,30,35). The summed E-state index contributed by atoms with van der Waals surface area (Å²) in [5.74, 6) is -0.168. The third kappa shape index (κ3) is 4.59. The highest BCUT2D eigenvalue weighted by molar-refractivity contribution is 7.22. The molecule has 0 radical (unpaired) electrons. The van der Waals surface area contributed by atoms with Gasteiger partial charge in [-0.1, -0.05) is 11.3 Å². The Kier molecular flexibility index (Phi) is 6.27. The monoisotopic (exact) mass is 506 g/mol. The Balaban J connectivity index is 1.44. The molecule has 3 aromatic heterocycles. The van der Waals surface area contributed by atoms with Gasteiger partial charge in [0.05, 0.1) is 27.6 Å². The number of amides is 2. The van der Waals surface area contributed by atoms with Crippen LogP contribution in [0.25, 0.3) is 27.0 Å². The smallest absolute Gasteiger partial charge is 0.321 e. The van der Waals surface area contributed by atoms with Crippen LogP contribution in [0, 0.1) is 5.41 Å². The fraction of sp³-hybridized carbons (Fsp3) is 0.333. The number of aliphatic carboxylic acids is 1. The molecule has 1 aliphatic heterocycles. The van der Waals surface area contributed by atoms with Gasteiger partial charge in [-0.25, -0.2) is 24.7 Å². The van der Waals surface area contributed by atoms with E-state index in [-0.39, 0.29) is 6.03 Å². The van der Waals surface area contributed by atoms with Crippen LogP contribution in [0.3, 0.4) is 0 Å². The van der Waals surface area contributed by atoms with Gasteiger partial charge >= 0.3 is 12.0 Å². The number of carboxylic acid groups (broad SMARTS) is 1. The van der Waals surface area contributed by atoms with Gasteiger partial charge in [0.2, 0.25) is 5.95 Å². The maximum atomic E-state index is 12.0. The lowest BCUT2D eigenvalue weighted by molar-refractivity contribution is -0.149. The number of rotatable bonds is 6. The van der Waals surface area contributed by atoms with Crippen molar-refractivity contribution in [2.24, 2.45) is 5.41 Å². The predicted molar refractivity (Wildman–Crippen MR) is 138 cm³/mol. The molecule has 4 aromatic rings. The Bertz CT molecular complexity index is 1390. The minimum atomic E-state index is -0.756. The molecule has 0 saturated carbocycles. The summed E-state index contributed by atoms with van der Waals surface area (Å²) >= 11 is 1.39. The zero-order valence-electron chi connectivity index (χ0n) is 19.9. The minimum absolute atomic E-state index is 0.300. The van der Waals surface area contributed by atoms with Crippen molar-refractivity contribution in [2.75, 3.05) is 29.9 Å². The van der Waals surface area contributed by atoms with E-state index in [0.29, 0.717) is 43.6 Å². The van der Waals surface area contributed by atoms with E-state index in [4.69, 9.17) is 0 Å². The molecule has 5 rings (SSSR count). The summed E-state index contributed by atoms with van der Waals surface area (Å²) in [4.78, 5) is 43.5. The second kappa shape index (κ2) is 9.53. The van der Waals surface area contributed by atoms with Crippen LogP contribution < -0.4 is 15.5 Å². The van der Waals surface area contributed by atoms with Crippen LogP contribution >= 0.6 is 11.3 Å². The number of nitrogens with one attached hydrogen (secondary N) is 2. The number of aromatic nitrogens is 5. The van der Waals surface area contributed by atoms with Gasteiger partial charge in [0, 0.05) is 50.0 Å². The van der Waals surface area contributed by atoms with Crippen LogP contribution in [0.1, 0.15) is 26.7 Å². The molecule has 4 heterocycles. The van der Waals surface area contributed by atoms with Gasteiger partial charge in [-0.3, -0.25) is 10.1 Å². The van der Waals surface area contributed by atoms with Gasteiger partial charge in [-0.2, -0.15) is 0 Å². The minimum Gasteiger partial charge on any atom is -0.481 e. The van der Waals surface area contributed by atoms with Crippen LogP contribution in [0.15, 0.2) is 43.2 Å². The molecular weight excluding hydrogens is 480 g/mol. The highest BCUT2D eigenvalue weighted by atomic mass is 32.1. The van der Waals surface area contributed by atoms with Crippen LogP contribution in [-0.4, -0.2) is 61.2 Å².